The molecule has 1 aliphatic rings. The fourth-order valence-corrected chi connectivity index (χ4v) is 4.58. The van der Waals surface area contributed by atoms with Crippen LogP contribution < -0.4 is 0 Å². The van der Waals surface area contributed by atoms with E-state index in [1.165, 1.54) is 50.8 Å². The number of piperidine rings is 1. The Morgan fingerprint density at radius 1 is 1.04 bits per heavy atom. The van der Waals surface area contributed by atoms with Crippen molar-refractivity contribution in [2.75, 3.05) is 13.1 Å². The van der Waals surface area contributed by atoms with E-state index in [9.17, 15) is 0 Å². The molecule has 0 radical (unpaired) electrons. The second kappa shape index (κ2) is 8.45. The number of hydrogen-bond donors (Lipinski definition) is 0. The number of halogens is 1. The molecule has 0 saturated carbocycles. The zero-order chi connectivity index (χ0) is 18.6. The van der Waals surface area contributed by atoms with Crippen molar-refractivity contribution in [3.8, 4) is 0 Å². The van der Waals surface area contributed by atoms with Crippen LogP contribution in [0.5, 0.6) is 0 Å². The van der Waals surface area contributed by atoms with Crippen molar-refractivity contribution in [2.24, 2.45) is 13.0 Å². The number of benzene rings is 2. The maximum absolute atomic E-state index is 6.36. The van der Waals surface area contributed by atoms with E-state index in [1.54, 1.807) is 0 Å². The molecule has 4 rings (SSSR count). The Kier molecular flexibility index (Phi) is 5.80. The molecule has 1 fully saturated rings. The molecule has 1 aromatic heterocycles. The van der Waals surface area contributed by atoms with Crippen molar-refractivity contribution in [3.05, 3.63) is 64.9 Å². The van der Waals surface area contributed by atoms with Crippen LogP contribution in [0.3, 0.4) is 0 Å². The molecular weight excluding hydrogens is 354 g/mol. The third-order valence-electron chi connectivity index (χ3n) is 5.93. The highest BCUT2D eigenvalue weighted by molar-refractivity contribution is 6.35. The van der Waals surface area contributed by atoms with Gasteiger partial charge in [0.05, 0.1) is 22.6 Å². The number of fused-ring (bicyclic) bond motifs is 1. The zero-order valence-corrected chi connectivity index (χ0v) is 16.8. The molecule has 142 valence electrons. The number of rotatable bonds is 6. The number of nitrogens with zero attached hydrogens (tertiary/aromatic N) is 3. The van der Waals surface area contributed by atoms with Crippen LogP contribution in [-0.2, 0) is 20.0 Å². The lowest BCUT2D eigenvalue weighted by Gasteiger charge is -2.31. The lowest BCUT2D eigenvalue weighted by atomic mass is 9.91. The first-order valence-electron chi connectivity index (χ1n) is 10.1. The molecule has 0 atom stereocenters. The van der Waals surface area contributed by atoms with Gasteiger partial charge in [0.2, 0.25) is 0 Å². The molecule has 0 unspecified atom stereocenters. The minimum atomic E-state index is 0.783. The maximum atomic E-state index is 6.36. The Bertz CT molecular complexity index is 879. The van der Waals surface area contributed by atoms with Gasteiger partial charge in [0.25, 0.3) is 0 Å². The molecule has 0 spiro atoms. The standard InChI is InChI=1S/C23H28ClN3/c1-26-22(25-21-12-6-11-20(24)23(21)26)17-27-15-13-19(14-16-27)10-5-9-18-7-3-2-4-8-18/h2-4,6-8,11-12,19H,5,9-10,13-17H2,1H3. The molecular formula is C23H28ClN3. The van der Waals surface area contributed by atoms with E-state index in [4.69, 9.17) is 16.6 Å². The van der Waals surface area contributed by atoms with Gasteiger partial charge in [-0.25, -0.2) is 4.98 Å². The first kappa shape index (κ1) is 18.5. The van der Waals surface area contributed by atoms with E-state index in [1.807, 2.05) is 18.2 Å². The fraction of sp³-hybridized carbons (Fsp3) is 0.435. The minimum absolute atomic E-state index is 0.783. The van der Waals surface area contributed by atoms with Gasteiger partial charge in [-0.05, 0) is 62.4 Å². The molecule has 3 nitrogen and oxygen atoms in total. The van der Waals surface area contributed by atoms with Crippen LogP contribution in [0, 0.1) is 5.92 Å². The summed E-state index contributed by atoms with van der Waals surface area (Å²) in [5.74, 6) is 1.99. The van der Waals surface area contributed by atoms with E-state index in [0.29, 0.717) is 0 Å². The number of para-hydroxylation sites is 1. The Morgan fingerprint density at radius 2 is 1.81 bits per heavy atom. The van der Waals surface area contributed by atoms with Crippen LogP contribution >= 0.6 is 11.6 Å². The van der Waals surface area contributed by atoms with Gasteiger partial charge < -0.3 is 4.57 Å². The predicted octanol–water partition coefficient (Wildman–Crippen LogP) is 5.46. The summed E-state index contributed by atoms with van der Waals surface area (Å²) in [4.78, 5) is 7.35. The molecule has 27 heavy (non-hydrogen) atoms. The van der Waals surface area contributed by atoms with E-state index in [-0.39, 0.29) is 0 Å². The lowest BCUT2D eigenvalue weighted by molar-refractivity contribution is 0.166. The highest BCUT2D eigenvalue weighted by Gasteiger charge is 2.21. The normalized spacial score (nSPS) is 16.2. The average molecular weight is 382 g/mol. The SMILES string of the molecule is Cn1c(CN2CCC(CCCc3ccccc3)CC2)nc2cccc(Cl)c21. The van der Waals surface area contributed by atoms with Crippen molar-refractivity contribution in [3.63, 3.8) is 0 Å². The first-order chi connectivity index (χ1) is 13.2. The van der Waals surface area contributed by atoms with Crippen molar-refractivity contribution < 1.29 is 0 Å². The quantitative estimate of drug-likeness (QED) is 0.565. The summed E-state index contributed by atoms with van der Waals surface area (Å²) in [6, 6.07) is 16.8. The molecule has 2 heterocycles. The molecule has 0 N–H and O–H groups in total. The molecule has 3 aromatic rings. The molecule has 1 saturated heterocycles. The Balaban J connectivity index is 1.27. The smallest absolute Gasteiger partial charge is 0.123 e. The van der Waals surface area contributed by atoms with Crippen molar-refractivity contribution in [1.82, 2.24) is 14.5 Å². The van der Waals surface area contributed by atoms with E-state index in [0.717, 1.165) is 34.3 Å². The van der Waals surface area contributed by atoms with Gasteiger partial charge in [-0.3, -0.25) is 4.90 Å². The second-order valence-electron chi connectivity index (χ2n) is 7.79. The third-order valence-corrected chi connectivity index (χ3v) is 6.24. The van der Waals surface area contributed by atoms with E-state index < -0.39 is 0 Å². The first-order valence-corrected chi connectivity index (χ1v) is 10.4. The highest BCUT2D eigenvalue weighted by Crippen LogP contribution is 2.26. The van der Waals surface area contributed by atoms with Crippen LogP contribution in [0.2, 0.25) is 5.02 Å². The van der Waals surface area contributed by atoms with Gasteiger partial charge in [0.1, 0.15) is 5.82 Å². The predicted molar refractivity (Wildman–Crippen MR) is 113 cm³/mol. The summed E-state index contributed by atoms with van der Waals surface area (Å²) in [5.41, 5.74) is 3.51. The van der Waals surface area contributed by atoms with Gasteiger partial charge >= 0.3 is 0 Å². The molecule has 0 bridgehead atoms. The Hall–Kier alpha value is -1.84. The van der Waals surface area contributed by atoms with Crippen molar-refractivity contribution in [2.45, 2.75) is 38.6 Å². The Labute approximate surface area is 167 Å². The van der Waals surface area contributed by atoms with Gasteiger partial charge in [-0.2, -0.15) is 0 Å². The lowest BCUT2D eigenvalue weighted by Crippen LogP contribution is -2.34. The van der Waals surface area contributed by atoms with E-state index >= 15 is 0 Å². The fourth-order valence-electron chi connectivity index (χ4n) is 4.28. The van der Waals surface area contributed by atoms with Gasteiger partial charge in [-0.15, -0.1) is 0 Å². The second-order valence-corrected chi connectivity index (χ2v) is 8.20. The number of imidazole rings is 1. The van der Waals surface area contributed by atoms with Crippen LogP contribution in [0.4, 0.5) is 0 Å². The number of likely N-dealkylation sites (tertiary alicyclic amines) is 1. The van der Waals surface area contributed by atoms with Gasteiger partial charge in [0.15, 0.2) is 0 Å². The topological polar surface area (TPSA) is 21.1 Å². The maximum Gasteiger partial charge on any atom is 0.123 e. The van der Waals surface area contributed by atoms with Gasteiger partial charge in [0, 0.05) is 7.05 Å². The summed E-state index contributed by atoms with van der Waals surface area (Å²) in [5, 5.41) is 0.783. The molecule has 0 aliphatic carbocycles. The number of hydrogen-bond acceptors (Lipinski definition) is 2. The monoisotopic (exact) mass is 381 g/mol. The largest absolute Gasteiger partial charge is 0.329 e. The molecule has 1 aliphatic heterocycles. The van der Waals surface area contributed by atoms with E-state index in [2.05, 4.69) is 46.8 Å². The number of aryl methyl sites for hydroxylation is 2. The van der Waals surface area contributed by atoms with Crippen LogP contribution in [-0.4, -0.2) is 27.5 Å². The van der Waals surface area contributed by atoms with Crippen molar-refractivity contribution >= 4 is 22.6 Å². The summed E-state index contributed by atoms with van der Waals surface area (Å²) >= 11 is 6.36. The van der Waals surface area contributed by atoms with Crippen LogP contribution in [0.1, 0.15) is 37.1 Å². The molecule has 4 heteroatoms. The highest BCUT2D eigenvalue weighted by atomic mass is 35.5. The summed E-state index contributed by atoms with van der Waals surface area (Å²) in [6.07, 6.45) is 6.48. The Morgan fingerprint density at radius 3 is 2.56 bits per heavy atom. The summed E-state index contributed by atoms with van der Waals surface area (Å²) in [7, 11) is 2.08. The molecule has 0 amide bonds. The minimum Gasteiger partial charge on any atom is -0.329 e. The summed E-state index contributed by atoms with van der Waals surface area (Å²) < 4.78 is 2.16. The average Bonchev–Trinajstić information content (AvgIpc) is 3.01. The third kappa shape index (κ3) is 4.36. The zero-order valence-electron chi connectivity index (χ0n) is 16.1. The van der Waals surface area contributed by atoms with Gasteiger partial charge in [-0.1, -0.05) is 54.4 Å². The molecule has 2 aromatic carbocycles. The van der Waals surface area contributed by atoms with Crippen LogP contribution in [0.15, 0.2) is 48.5 Å². The van der Waals surface area contributed by atoms with Crippen LogP contribution in [0.25, 0.3) is 11.0 Å². The summed E-state index contributed by atoms with van der Waals surface area (Å²) in [6.45, 7) is 3.26. The van der Waals surface area contributed by atoms with Crippen molar-refractivity contribution in [1.29, 1.82) is 0 Å². The number of aromatic nitrogens is 2.